The second-order valence-corrected chi connectivity index (χ2v) is 6.02. The van der Waals surface area contributed by atoms with Gasteiger partial charge in [0.15, 0.2) is 11.5 Å². The van der Waals surface area contributed by atoms with Gasteiger partial charge in [-0.1, -0.05) is 6.07 Å². The van der Waals surface area contributed by atoms with Crippen molar-refractivity contribution in [3.05, 3.63) is 42.2 Å². The van der Waals surface area contributed by atoms with E-state index in [9.17, 15) is 9.90 Å². The molecule has 26 heavy (non-hydrogen) atoms. The molecule has 0 radical (unpaired) electrons. The van der Waals surface area contributed by atoms with Crippen LogP contribution in [0.5, 0.6) is 11.5 Å². The zero-order chi connectivity index (χ0) is 18.5. The molecule has 8 nitrogen and oxygen atoms in total. The van der Waals surface area contributed by atoms with Crippen molar-refractivity contribution >= 4 is 11.9 Å². The van der Waals surface area contributed by atoms with E-state index in [1.807, 2.05) is 4.90 Å². The Morgan fingerprint density at radius 1 is 1.23 bits per heavy atom. The normalized spacial score (nSPS) is 19.3. The smallest absolute Gasteiger partial charge is 0.255 e. The van der Waals surface area contributed by atoms with E-state index in [0.717, 1.165) is 0 Å². The molecule has 3 rings (SSSR count). The number of hydrogen-bond donors (Lipinski definition) is 2. The molecule has 1 aromatic heterocycles. The lowest BCUT2D eigenvalue weighted by molar-refractivity contribution is 0.0918. The summed E-state index contributed by atoms with van der Waals surface area (Å²) in [5.41, 5.74) is 0.387. The molecule has 2 N–H and O–H groups in total. The molecule has 1 aliphatic heterocycles. The van der Waals surface area contributed by atoms with E-state index in [-0.39, 0.29) is 24.5 Å². The summed E-state index contributed by atoms with van der Waals surface area (Å²) in [4.78, 5) is 23.2. The van der Waals surface area contributed by atoms with E-state index in [1.54, 1.807) is 36.7 Å². The number of para-hydroxylation sites is 1. The first-order chi connectivity index (χ1) is 12.7. The third-order valence-corrected chi connectivity index (χ3v) is 4.47. The minimum Gasteiger partial charge on any atom is -0.493 e. The van der Waals surface area contributed by atoms with E-state index in [0.29, 0.717) is 36.1 Å². The Morgan fingerprint density at radius 2 is 2.00 bits per heavy atom. The number of hydrogen-bond acceptors (Lipinski definition) is 7. The highest BCUT2D eigenvalue weighted by atomic mass is 16.5. The molecule has 1 aromatic carbocycles. The van der Waals surface area contributed by atoms with Crippen LogP contribution < -0.4 is 19.7 Å². The van der Waals surface area contributed by atoms with Gasteiger partial charge in [0.2, 0.25) is 5.95 Å². The molecule has 1 fully saturated rings. The maximum Gasteiger partial charge on any atom is 0.255 e. The number of anilines is 1. The Bertz CT molecular complexity index is 756. The van der Waals surface area contributed by atoms with Gasteiger partial charge in [0.25, 0.3) is 5.91 Å². The average Bonchev–Trinajstić information content (AvgIpc) is 3.10. The van der Waals surface area contributed by atoms with E-state index in [2.05, 4.69) is 15.3 Å². The zero-order valence-corrected chi connectivity index (χ0v) is 14.8. The quantitative estimate of drug-likeness (QED) is 0.785. The second kappa shape index (κ2) is 8.01. The maximum absolute atomic E-state index is 12.8. The monoisotopic (exact) mass is 358 g/mol. The lowest BCUT2D eigenvalue weighted by Gasteiger charge is -2.19. The molecule has 0 aliphatic carbocycles. The number of aliphatic hydroxyl groups excluding tert-OH is 1. The molecule has 2 aromatic rings. The van der Waals surface area contributed by atoms with Gasteiger partial charge >= 0.3 is 0 Å². The highest BCUT2D eigenvalue weighted by Gasteiger charge is 2.35. The van der Waals surface area contributed by atoms with Crippen molar-refractivity contribution in [1.29, 1.82) is 0 Å². The number of aromatic nitrogens is 2. The standard InChI is InChI=1S/C18H22N4O4/c1-25-15-6-3-5-13(16(15)26-2)17(24)21-14-10-22(9-12(14)11-23)18-19-7-4-8-20-18/h3-8,12,14,23H,9-11H2,1-2H3,(H,21,24)/t12-,14+/m0/s1. The van der Waals surface area contributed by atoms with E-state index >= 15 is 0 Å². The maximum atomic E-state index is 12.8. The highest BCUT2D eigenvalue weighted by Crippen LogP contribution is 2.31. The molecule has 2 atom stereocenters. The van der Waals surface area contributed by atoms with Crippen molar-refractivity contribution in [2.45, 2.75) is 6.04 Å². The van der Waals surface area contributed by atoms with Crippen molar-refractivity contribution in [3.63, 3.8) is 0 Å². The minimum atomic E-state index is -0.278. The van der Waals surface area contributed by atoms with Gasteiger partial charge in [0.1, 0.15) is 0 Å². The number of rotatable bonds is 6. The summed E-state index contributed by atoms with van der Waals surface area (Å²) in [7, 11) is 3.02. The van der Waals surface area contributed by atoms with Crippen LogP contribution in [-0.4, -0.2) is 60.9 Å². The summed E-state index contributed by atoms with van der Waals surface area (Å²) < 4.78 is 10.6. The van der Waals surface area contributed by atoms with Gasteiger partial charge in [-0.15, -0.1) is 0 Å². The van der Waals surface area contributed by atoms with Crippen LogP contribution in [0.3, 0.4) is 0 Å². The first kappa shape index (κ1) is 17.9. The van der Waals surface area contributed by atoms with Gasteiger partial charge in [0, 0.05) is 38.0 Å². The van der Waals surface area contributed by atoms with E-state index in [4.69, 9.17) is 9.47 Å². The molecule has 0 bridgehead atoms. The lowest BCUT2D eigenvalue weighted by Crippen LogP contribution is -2.41. The summed E-state index contributed by atoms with van der Waals surface area (Å²) in [6.07, 6.45) is 3.34. The van der Waals surface area contributed by atoms with Crippen molar-refractivity contribution in [1.82, 2.24) is 15.3 Å². The fourth-order valence-electron chi connectivity index (χ4n) is 3.15. The molecule has 0 saturated carbocycles. The number of methoxy groups -OCH3 is 2. The topological polar surface area (TPSA) is 96.8 Å². The summed E-state index contributed by atoms with van der Waals surface area (Å²) in [6.45, 7) is 1.05. The number of carbonyl (C=O) groups is 1. The summed E-state index contributed by atoms with van der Waals surface area (Å²) in [5, 5.41) is 12.7. The molecule has 0 unspecified atom stereocenters. The van der Waals surface area contributed by atoms with Gasteiger partial charge in [-0.25, -0.2) is 9.97 Å². The van der Waals surface area contributed by atoms with Gasteiger partial charge in [-0.2, -0.15) is 0 Å². The Morgan fingerprint density at radius 3 is 2.65 bits per heavy atom. The molecule has 138 valence electrons. The van der Waals surface area contributed by atoms with Gasteiger partial charge in [-0.3, -0.25) is 4.79 Å². The molecule has 1 amide bonds. The zero-order valence-electron chi connectivity index (χ0n) is 14.8. The number of carbonyl (C=O) groups excluding carboxylic acids is 1. The predicted octanol–water partition coefficient (Wildman–Crippen LogP) is 0.721. The van der Waals surface area contributed by atoms with Gasteiger partial charge < -0.3 is 24.8 Å². The Labute approximate surface area is 151 Å². The van der Waals surface area contributed by atoms with Crippen LogP contribution in [0.25, 0.3) is 0 Å². The number of nitrogens with one attached hydrogen (secondary N) is 1. The first-order valence-corrected chi connectivity index (χ1v) is 8.32. The van der Waals surface area contributed by atoms with Crippen molar-refractivity contribution in [2.24, 2.45) is 5.92 Å². The van der Waals surface area contributed by atoms with Crippen molar-refractivity contribution < 1.29 is 19.4 Å². The number of amides is 1. The molecule has 0 spiro atoms. The van der Waals surface area contributed by atoms with Crippen molar-refractivity contribution in [2.75, 3.05) is 38.8 Å². The third kappa shape index (κ3) is 3.55. The molecule has 1 aliphatic rings. The average molecular weight is 358 g/mol. The third-order valence-electron chi connectivity index (χ3n) is 4.47. The summed E-state index contributed by atoms with van der Waals surface area (Å²) >= 11 is 0. The molecular formula is C18H22N4O4. The van der Waals surface area contributed by atoms with Crippen LogP contribution in [0.15, 0.2) is 36.7 Å². The molecule has 2 heterocycles. The van der Waals surface area contributed by atoms with Crippen LogP contribution in [0.1, 0.15) is 10.4 Å². The Hall–Kier alpha value is -2.87. The van der Waals surface area contributed by atoms with Crippen LogP contribution in [-0.2, 0) is 0 Å². The number of benzene rings is 1. The minimum absolute atomic E-state index is 0.0382. The molecule has 8 heteroatoms. The second-order valence-electron chi connectivity index (χ2n) is 6.02. The Kier molecular flexibility index (Phi) is 5.52. The number of ether oxygens (including phenoxy) is 2. The first-order valence-electron chi connectivity index (χ1n) is 8.32. The van der Waals surface area contributed by atoms with Crippen molar-refractivity contribution in [3.8, 4) is 11.5 Å². The highest BCUT2D eigenvalue weighted by molar-refractivity contribution is 5.98. The van der Waals surface area contributed by atoms with E-state index in [1.165, 1.54) is 14.2 Å². The summed E-state index contributed by atoms with van der Waals surface area (Å²) in [5.74, 6) is 1.07. The Balaban J connectivity index is 1.76. The lowest BCUT2D eigenvalue weighted by atomic mass is 10.0. The van der Waals surface area contributed by atoms with Gasteiger partial charge in [-0.05, 0) is 18.2 Å². The van der Waals surface area contributed by atoms with Crippen LogP contribution in [0.4, 0.5) is 5.95 Å². The van der Waals surface area contributed by atoms with Crippen LogP contribution in [0.2, 0.25) is 0 Å². The fraction of sp³-hybridized carbons (Fsp3) is 0.389. The number of nitrogens with zero attached hydrogens (tertiary/aromatic N) is 3. The largest absolute Gasteiger partial charge is 0.493 e. The molecular weight excluding hydrogens is 336 g/mol. The predicted molar refractivity (Wildman–Crippen MR) is 95.6 cm³/mol. The van der Waals surface area contributed by atoms with Gasteiger partial charge in [0.05, 0.1) is 25.8 Å². The van der Waals surface area contributed by atoms with Crippen LogP contribution >= 0.6 is 0 Å². The van der Waals surface area contributed by atoms with Crippen LogP contribution in [0, 0.1) is 5.92 Å². The fourth-order valence-corrected chi connectivity index (χ4v) is 3.15. The van der Waals surface area contributed by atoms with E-state index < -0.39 is 0 Å². The number of aliphatic hydroxyl groups is 1. The SMILES string of the molecule is COc1cccc(C(=O)N[C@@H]2CN(c3ncccn3)C[C@H]2CO)c1OC. The molecule has 1 saturated heterocycles. The summed E-state index contributed by atoms with van der Waals surface area (Å²) in [6, 6.07) is 6.66.